The monoisotopic (exact) mass is 227 g/mol. The lowest BCUT2D eigenvalue weighted by molar-refractivity contribution is 0.565. The highest BCUT2D eigenvalue weighted by atomic mass is 35.5. The van der Waals surface area contributed by atoms with Crippen molar-refractivity contribution in [2.45, 2.75) is 32.6 Å². The first-order chi connectivity index (χ1) is 5.83. The van der Waals surface area contributed by atoms with Crippen LogP contribution in [0.2, 0.25) is 0 Å². The topological polar surface area (TPSA) is 46.2 Å². The predicted octanol–water partition coefficient (Wildman–Crippen LogP) is 1.58. The van der Waals surface area contributed by atoms with Gasteiger partial charge in [0, 0.05) is 11.9 Å². The molecular weight excluding hydrogens is 210 g/mol. The van der Waals surface area contributed by atoms with Crippen LogP contribution < -0.4 is 4.72 Å². The van der Waals surface area contributed by atoms with Crippen molar-refractivity contribution < 1.29 is 8.42 Å². The number of hydrogen-bond acceptors (Lipinski definition) is 2. The number of alkyl halides is 1. The fourth-order valence-electron chi connectivity index (χ4n) is 0.911. The number of halogens is 1. The van der Waals surface area contributed by atoms with Crippen LogP contribution in [0.25, 0.3) is 0 Å². The molecule has 0 heterocycles. The van der Waals surface area contributed by atoms with E-state index in [0.29, 0.717) is 13.0 Å². The number of nitrogens with one attached hydrogen (secondary N) is 1. The van der Waals surface area contributed by atoms with Crippen molar-refractivity contribution in [3.8, 4) is 0 Å². The normalized spacial score (nSPS) is 14.8. The fraction of sp³-hybridized carbons (Fsp3) is 1.00. The van der Waals surface area contributed by atoms with Crippen molar-refractivity contribution in [3.63, 3.8) is 0 Å². The van der Waals surface area contributed by atoms with Gasteiger partial charge in [-0.25, -0.2) is 13.1 Å². The molecule has 0 radical (unpaired) electrons. The van der Waals surface area contributed by atoms with Gasteiger partial charge in [-0.15, -0.1) is 11.6 Å². The van der Waals surface area contributed by atoms with Crippen LogP contribution in [0.1, 0.15) is 27.2 Å². The van der Waals surface area contributed by atoms with Crippen molar-refractivity contribution in [2.24, 2.45) is 5.92 Å². The molecule has 0 aliphatic carbocycles. The Morgan fingerprint density at radius 2 is 1.85 bits per heavy atom. The van der Waals surface area contributed by atoms with Gasteiger partial charge in [0.1, 0.15) is 0 Å². The van der Waals surface area contributed by atoms with Crippen molar-refractivity contribution in [1.82, 2.24) is 4.72 Å². The van der Waals surface area contributed by atoms with E-state index in [4.69, 9.17) is 11.6 Å². The van der Waals surface area contributed by atoms with E-state index >= 15 is 0 Å². The number of hydrogen-bond donors (Lipinski definition) is 1. The Labute approximate surface area is 85.9 Å². The second-order valence-electron chi connectivity index (χ2n) is 3.64. The van der Waals surface area contributed by atoms with Crippen LogP contribution in [-0.4, -0.2) is 26.1 Å². The lowest BCUT2D eigenvalue weighted by Gasteiger charge is -2.08. The molecule has 0 bridgehead atoms. The summed E-state index contributed by atoms with van der Waals surface area (Å²) < 4.78 is 25.0. The molecule has 0 rings (SSSR count). The lowest BCUT2D eigenvalue weighted by atomic mass is 10.3. The van der Waals surface area contributed by atoms with Crippen LogP contribution in [0.5, 0.6) is 0 Å². The molecule has 13 heavy (non-hydrogen) atoms. The maximum atomic E-state index is 11.3. The van der Waals surface area contributed by atoms with Crippen molar-refractivity contribution in [1.29, 1.82) is 0 Å². The highest BCUT2D eigenvalue weighted by Crippen LogP contribution is 2.00. The van der Waals surface area contributed by atoms with Gasteiger partial charge in [0.05, 0.1) is 5.75 Å². The van der Waals surface area contributed by atoms with E-state index < -0.39 is 10.0 Å². The SMILES string of the molecule is CC(C)CS(=O)(=O)NCCC(C)Cl. The van der Waals surface area contributed by atoms with E-state index in [1.807, 2.05) is 20.8 Å². The minimum atomic E-state index is -3.09. The number of sulfonamides is 1. The van der Waals surface area contributed by atoms with E-state index in [0.717, 1.165) is 0 Å². The van der Waals surface area contributed by atoms with Gasteiger partial charge in [0.15, 0.2) is 0 Å². The molecular formula is C8H18ClNO2S. The zero-order valence-electron chi connectivity index (χ0n) is 8.38. The average Bonchev–Trinajstić information content (AvgIpc) is 1.81. The summed E-state index contributed by atoms with van der Waals surface area (Å²) in [5, 5.41) is 0.0155. The second kappa shape index (κ2) is 5.83. The summed E-state index contributed by atoms with van der Waals surface area (Å²) in [6, 6.07) is 0. The molecule has 0 amide bonds. The Hall–Kier alpha value is 0.200. The van der Waals surface area contributed by atoms with Crippen molar-refractivity contribution >= 4 is 21.6 Å². The molecule has 0 aromatic rings. The predicted molar refractivity (Wildman–Crippen MR) is 56.6 cm³/mol. The van der Waals surface area contributed by atoms with Crippen LogP contribution >= 0.6 is 11.6 Å². The molecule has 0 spiro atoms. The first-order valence-electron chi connectivity index (χ1n) is 4.45. The maximum absolute atomic E-state index is 11.3. The molecule has 0 aliphatic heterocycles. The minimum absolute atomic E-state index is 0.0155. The van der Waals surface area contributed by atoms with Gasteiger partial charge in [-0.3, -0.25) is 0 Å². The van der Waals surface area contributed by atoms with Crippen LogP contribution in [0, 0.1) is 5.92 Å². The van der Waals surface area contributed by atoms with E-state index in [9.17, 15) is 8.42 Å². The van der Waals surface area contributed by atoms with Gasteiger partial charge in [0.25, 0.3) is 0 Å². The van der Waals surface area contributed by atoms with Crippen molar-refractivity contribution in [3.05, 3.63) is 0 Å². The summed E-state index contributed by atoms with van der Waals surface area (Å²) >= 11 is 5.68. The molecule has 3 nitrogen and oxygen atoms in total. The van der Waals surface area contributed by atoms with Crippen molar-refractivity contribution in [2.75, 3.05) is 12.3 Å². The highest BCUT2D eigenvalue weighted by molar-refractivity contribution is 7.89. The van der Waals surface area contributed by atoms with Gasteiger partial charge >= 0.3 is 0 Å². The quantitative estimate of drug-likeness (QED) is 0.701. The van der Waals surface area contributed by atoms with Crippen LogP contribution in [0.15, 0.2) is 0 Å². The van der Waals surface area contributed by atoms with Gasteiger partial charge in [0.2, 0.25) is 10.0 Å². The molecule has 1 atom stereocenters. The smallest absolute Gasteiger partial charge is 0.211 e. The third kappa shape index (κ3) is 8.53. The molecule has 80 valence electrons. The molecule has 5 heteroatoms. The largest absolute Gasteiger partial charge is 0.215 e. The standard InChI is InChI=1S/C8H18ClNO2S/c1-7(2)6-13(11,12)10-5-4-8(3)9/h7-8,10H,4-6H2,1-3H3. The van der Waals surface area contributed by atoms with E-state index in [2.05, 4.69) is 4.72 Å². The molecule has 0 saturated carbocycles. The van der Waals surface area contributed by atoms with Crippen LogP contribution in [0.3, 0.4) is 0 Å². The van der Waals surface area contributed by atoms with Gasteiger partial charge in [-0.2, -0.15) is 0 Å². The Bertz CT molecular complexity index is 224. The van der Waals surface area contributed by atoms with E-state index in [1.54, 1.807) is 0 Å². The molecule has 0 fully saturated rings. The van der Waals surface area contributed by atoms with Gasteiger partial charge < -0.3 is 0 Å². The summed E-state index contributed by atoms with van der Waals surface area (Å²) in [6.45, 7) is 6.03. The van der Waals surface area contributed by atoms with E-state index in [-0.39, 0.29) is 17.0 Å². The summed E-state index contributed by atoms with van der Waals surface area (Å²) in [7, 11) is -3.09. The molecule has 1 N–H and O–H groups in total. The first-order valence-corrected chi connectivity index (χ1v) is 6.54. The third-order valence-corrected chi connectivity index (χ3v) is 3.38. The summed E-state index contributed by atoms with van der Waals surface area (Å²) in [5.41, 5.74) is 0. The molecule has 0 aromatic carbocycles. The molecule has 1 unspecified atom stereocenters. The Morgan fingerprint density at radius 1 is 1.31 bits per heavy atom. The van der Waals surface area contributed by atoms with Crippen LogP contribution in [0.4, 0.5) is 0 Å². The molecule has 0 aliphatic rings. The molecule has 0 aromatic heterocycles. The van der Waals surface area contributed by atoms with Crippen LogP contribution in [-0.2, 0) is 10.0 Å². The lowest BCUT2D eigenvalue weighted by Crippen LogP contribution is -2.30. The zero-order chi connectivity index (χ0) is 10.5. The summed E-state index contributed by atoms with van der Waals surface area (Å²) in [6.07, 6.45) is 0.666. The average molecular weight is 228 g/mol. The zero-order valence-corrected chi connectivity index (χ0v) is 9.95. The highest BCUT2D eigenvalue weighted by Gasteiger charge is 2.11. The first kappa shape index (κ1) is 13.2. The molecule has 0 saturated heterocycles. The Morgan fingerprint density at radius 3 is 2.23 bits per heavy atom. The third-order valence-electron chi connectivity index (χ3n) is 1.42. The second-order valence-corrected chi connectivity index (χ2v) is 6.24. The summed E-state index contributed by atoms with van der Waals surface area (Å²) in [5.74, 6) is 0.342. The Balaban J connectivity index is 3.77. The minimum Gasteiger partial charge on any atom is -0.215 e. The number of rotatable bonds is 6. The fourth-order valence-corrected chi connectivity index (χ4v) is 2.44. The van der Waals surface area contributed by atoms with Gasteiger partial charge in [-0.05, 0) is 19.3 Å². The summed E-state index contributed by atoms with van der Waals surface area (Å²) in [4.78, 5) is 0. The Kier molecular flexibility index (Phi) is 5.92. The maximum Gasteiger partial charge on any atom is 0.211 e. The van der Waals surface area contributed by atoms with E-state index in [1.165, 1.54) is 0 Å². The van der Waals surface area contributed by atoms with Gasteiger partial charge in [-0.1, -0.05) is 13.8 Å².